The monoisotopic (exact) mass is 339 g/mol. The molecule has 25 heavy (non-hydrogen) atoms. The zero-order chi connectivity index (χ0) is 17.8. The van der Waals surface area contributed by atoms with Gasteiger partial charge in [-0.3, -0.25) is 9.78 Å². The Morgan fingerprint density at radius 1 is 1.36 bits per heavy atom. The standard InChI is InChI=1S/C19H25N5O/c1-13-11-17(23-18(21-13)16-8-6-9-20-12-16)22-15(3)19(25)24-10-5-4-7-14(24)2/h6,8-9,11-12,14-15H,4-5,7,10H2,1-3H3,(H,21,22,23). The number of amides is 1. The Hall–Kier alpha value is -2.50. The summed E-state index contributed by atoms with van der Waals surface area (Å²) in [5.74, 6) is 1.41. The van der Waals surface area contributed by atoms with Crippen LogP contribution >= 0.6 is 0 Å². The molecule has 1 amide bonds. The first-order chi connectivity index (χ1) is 12.0. The predicted octanol–water partition coefficient (Wildman–Crippen LogP) is 3.05. The lowest BCUT2D eigenvalue weighted by Gasteiger charge is -2.35. The van der Waals surface area contributed by atoms with Crippen molar-refractivity contribution in [3.05, 3.63) is 36.3 Å². The molecule has 3 heterocycles. The van der Waals surface area contributed by atoms with Gasteiger partial charge in [-0.1, -0.05) is 0 Å². The van der Waals surface area contributed by atoms with Gasteiger partial charge in [0.2, 0.25) is 5.91 Å². The van der Waals surface area contributed by atoms with E-state index in [4.69, 9.17) is 0 Å². The number of carbonyl (C=O) groups excluding carboxylic acids is 1. The quantitative estimate of drug-likeness (QED) is 0.927. The summed E-state index contributed by atoms with van der Waals surface area (Å²) >= 11 is 0. The van der Waals surface area contributed by atoms with Gasteiger partial charge in [0.25, 0.3) is 0 Å². The summed E-state index contributed by atoms with van der Waals surface area (Å²) in [5.41, 5.74) is 1.71. The molecule has 0 bridgehead atoms. The number of nitrogens with zero attached hydrogens (tertiary/aromatic N) is 4. The smallest absolute Gasteiger partial charge is 0.245 e. The first-order valence-electron chi connectivity index (χ1n) is 8.87. The summed E-state index contributed by atoms with van der Waals surface area (Å²) < 4.78 is 0. The summed E-state index contributed by atoms with van der Waals surface area (Å²) in [6, 6.07) is 5.64. The highest BCUT2D eigenvalue weighted by atomic mass is 16.2. The van der Waals surface area contributed by atoms with E-state index < -0.39 is 0 Å². The van der Waals surface area contributed by atoms with Crippen molar-refractivity contribution in [2.75, 3.05) is 11.9 Å². The fraction of sp³-hybridized carbons (Fsp3) is 0.474. The Labute approximate surface area is 148 Å². The molecule has 1 aliphatic heterocycles. The van der Waals surface area contributed by atoms with E-state index in [1.165, 1.54) is 6.42 Å². The number of hydrogen-bond donors (Lipinski definition) is 1. The minimum atomic E-state index is -0.323. The zero-order valence-corrected chi connectivity index (χ0v) is 15.1. The summed E-state index contributed by atoms with van der Waals surface area (Å²) in [6.07, 6.45) is 6.82. The number of nitrogens with one attached hydrogen (secondary N) is 1. The highest BCUT2D eigenvalue weighted by Gasteiger charge is 2.27. The molecule has 1 aliphatic rings. The number of carbonyl (C=O) groups is 1. The number of hydrogen-bond acceptors (Lipinski definition) is 5. The number of anilines is 1. The van der Waals surface area contributed by atoms with Crippen molar-refractivity contribution < 1.29 is 4.79 Å². The molecule has 0 spiro atoms. The Morgan fingerprint density at radius 3 is 2.92 bits per heavy atom. The molecule has 6 nitrogen and oxygen atoms in total. The Bertz CT molecular complexity index is 734. The van der Waals surface area contributed by atoms with E-state index in [1.807, 2.05) is 36.9 Å². The van der Waals surface area contributed by atoms with Crippen LogP contribution in [0.25, 0.3) is 11.4 Å². The van der Waals surface area contributed by atoms with Crippen LogP contribution in [-0.4, -0.2) is 44.4 Å². The van der Waals surface area contributed by atoms with Crippen molar-refractivity contribution in [1.82, 2.24) is 19.9 Å². The van der Waals surface area contributed by atoms with Crippen molar-refractivity contribution in [2.24, 2.45) is 0 Å². The van der Waals surface area contributed by atoms with Gasteiger partial charge in [-0.15, -0.1) is 0 Å². The average molecular weight is 339 g/mol. The van der Waals surface area contributed by atoms with Crippen LogP contribution in [0.4, 0.5) is 5.82 Å². The van der Waals surface area contributed by atoms with Crippen LogP contribution < -0.4 is 5.32 Å². The van der Waals surface area contributed by atoms with Gasteiger partial charge >= 0.3 is 0 Å². The third-order valence-corrected chi connectivity index (χ3v) is 4.59. The van der Waals surface area contributed by atoms with E-state index in [9.17, 15) is 4.79 Å². The van der Waals surface area contributed by atoms with Crippen LogP contribution in [0.2, 0.25) is 0 Å². The van der Waals surface area contributed by atoms with Gasteiger partial charge in [-0.2, -0.15) is 0 Å². The van der Waals surface area contributed by atoms with E-state index >= 15 is 0 Å². The molecule has 0 saturated carbocycles. The van der Waals surface area contributed by atoms with Gasteiger partial charge in [-0.25, -0.2) is 9.97 Å². The van der Waals surface area contributed by atoms with Crippen molar-refractivity contribution in [3.63, 3.8) is 0 Å². The molecular formula is C19H25N5O. The first kappa shape index (κ1) is 17.3. The topological polar surface area (TPSA) is 71.0 Å². The van der Waals surface area contributed by atoms with Crippen molar-refractivity contribution in [3.8, 4) is 11.4 Å². The number of likely N-dealkylation sites (tertiary alicyclic amines) is 1. The average Bonchev–Trinajstić information content (AvgIpc) is 2.62. The maximum absolute atomic E-state index is 12.8. The molecule has 0 aromatic carbocycles. The zero-order valence-electron chi connectivity index (χ0n) is 15.1. The molecule has 0 aliphatic carbocycles. The Balaban J connectivity index is 1.76. The molecular weight excluding hydrogens is 314 g/mol. The van der Waals surface area contributed by atoms with Crippen molar-refractivity contribution in [1.29, 1.82) is 0 Å². The summed E-state index contributed by atoms with van der Waals surface area (Å²) in [6.45, 7) is 6.78. The van der Waals surface area contributed by atoms with Crippen LogP contribution in [0.1, 0.15) is 38.8 Å². The Morgan fingerprint density at radius 2 is 2.20 bits per heavy atom. The second-order valence-corrected chi connectivity index (χ2v) is 6.70. The maximum atomic E-state index is 12.8. The number of aromatic nitrogens is 3. The Kier molecular flexibility index (Phi) is 5.26. The molecule has 2 aromatic rings. The number of aryl methyl sites for hydroxylation is 1. The molecule has 6 heteroatoms. The van der Waals surface area contributed by atoms with E-state index in [2.05, 4.69) is 27.2 Å². The van der Waals surface area contributed by atoms with Gasteiger partial charge in [0, 0.05) is 42.3 Å². The fourth-order valence-corrected chi connectivity index (χ4v) is 3.22. The molecule has 1 N–H and O–H groups in total. The van der Waals surface area contributed by atoms with Gasteiger partial charge in [-0.05, 0) is 52.2 Å². The lowest BCUT2D eigenvalue weighted by molar-refractivity contribution is -0.134. The van der Waals surface area contributed by atoms with Gasteiger partial charge in [0.05, 0.1) is 0 Å². The van der Waals surface area contributed by atoms with Gasteiger partial charge in [0.15, 0.2) is 5.82 Å². The second-order valence-electron chi connectivity index (χ2n) is 6.70. The van der Waals surface area contributed by atoms with Crippen LogP contribution in [0.3, 0.4) is 0 Å². The van der Waals surface area contributed by atoms with Crippen LogP contribution in [0.15, 0.2) is 30.6 Å². The van der Waals surface area contributed by atoms with E-state index in [-0.39, 0.29) is 11.9 Å². The normalized spacial score (nSPS) is 18.7. The number of pyridine rings is 1. The number of rotatable bonds is 4. The van der Waals surface area contributed by atoms with E-state index in [0.29, 0.717) is 17.7 Å². The van der Waals surface area contributed by atoms with Crippen molar-refractivity contribution >= 4 is 11.7 Å². The van der Waals surface area contributed by atoms with Gasteiger partial charge in [0.1, 0.15) is 11.9 Å². The number of piperidine rings is 1. The SMILES string of the molecule is Cc1cc(NC(C)C(=O)N2CCCCC2C)nc(-c2cccnc2)n1. The molecule has 0 radical (unpaired) electrons. The predicted molar refractivity (Wildman–Crippen MR) is 98.1 cm³/mol. The highest BCUT2D eigenvalue weighted by Crippen LogP contribution is 2.20. The van der Waals surface area contributed by atoms with Gasteiger partial charge < -0.3 is 10.2 Å². The van der Waals surface area contributed by atoms with E-state index in [1.54, 1.807) is 12.4 Å². The van der Waals surface area contributed by atoms with Crippen LogP contribution in [0.5, 0.6) is 0 Å². The first-order valence-corrected chi connectivity index (χ1v) is 8.87. The second kappa shape index (κ2) is 7.59. The maximum Gasteiger partial charge on any atom is 0.245 e. The summed E-state index contributed by atoms with van der Waals surface area (Å²) in [4.78, 5) is 27.9. The molecule has 132 valence electrons. The lowest BCUT2D eigenvalue weighted by Crippen LogP contribution is -2.48. The third kappa shape index (κ3) is 4.13. The minimum Gasteiger partial charge on any atom is -0.358 e. The largest absolute Gasteiger partial charge is 0.358 e. The molecule has 3 rings (SSSR count). The lowest BCUT2D eigenvalue weighted by atomic mass is 10.0. The van der Waals surface area contributed by atoms with E-state index in [0.717, 1.165) is 30.6 Å². The fourth-order valence-electron chi connectivity index (χ4n) is 3.22. The molecule has 2 atom stereocenters. The van der Waals surface area contributed by atoms with Crippen LogP contribution in [-0.2, 0) is 4.79 Å². The highest BCUT2D eigenvalue weighted by molar-refractivity contribution is 5.84. The summed E-state index contributed by atoms with van der Waals surface area (Å²) in [5, 5.41) is 3.25. The summed E-state index contributed by atoms with van der Waals surface area (Å²) in [7, 11) is 0. The van der Waals surface area contributed by atoms with Crippen molar-refractivity contribution in [2.45, 2.75) is 52.1 Å². The molecule has 1 fully saturated rings. The molecule has 2 unspecified atom stereocenters. The molecule has 1 saturated heterocycles. The minimum absolute atomic E-state index is 0.131. The van der Waals surface area contributed by atoms with Crippen LogP contribution in [0, 0.1) is 6.92 Å². The molecule has 2 aromatic heterocycles. The third-order valence-electron chi connectivity index (χ3n) is 4.59.